The van der Waals surface area contributed by atoms with E-state index >= 15 is 0 Å². The third kappa shape index (κ3) is 4.41. The fourth-order valence-electron chi connectivity index (χ4n) is 2.94. The molecule has 0 bridgehead atoms. The fraction of sp³-hybridized carbons (Fsp3) is 0.500. The third-order valence-electron chi connectivity index (χ3n) is 4.53. The van der Waals surface area contributed by atoms with E-state index in [2.05, 4.69) is 15.5 Å². The number of anilines is 1. The van der Waals surface area contributed by atoms with Gasteiger partial charge in [0.1, 0.15) is 0 Å². The molecule has 0 saturated heterocycles. The van der Waals surface area contributed by atoms with Gasteiger partial charge in [-0.25, -0.2) is 0 Å². The SMILES string of the molecule is Cc1ccc(NC(=O)CSC(C)c2nc(C3(N)CCCC3)no2)cc1. The lowest BCUT2D eigenvalue weighted by molar-refractivity contribution is -0.113. The summed E-state index contributed by atoms with van der Waals surface area (Å²) < 4.78 is 5.37. The lowest BCUT2D eigenvalue weighted by atomic mass is 9.99. The topological polar surface area (TPSA) is 94.0 Å². The minimum Gasteiger partial charge on any atom is -0.338 e. The number of amides is 1. The Kier molecular flexibility index (Phi) is 5.44. The molecule has 1 unspecified atom stereocenters. The molecule has 0 radical (unpaired) electrons. The predicted octanol–water partition coefficient (Wildman–Crippen LogP) is 3.54. The molecule has 1 aromatic carbocycles. The van der Waals surface area contributed by atoms with Crippen molar-refractivity contribution in [1.29, 1.82) is 0 Å². The molecule has 3 N–H and O–H groups in total. The summed E-state index contributed by atoms with van der Waals surface area (Å²) in [4.78, 5) is 16.6. The fourth-order valence-corrected chi connectivity index (χ4v) is 3.65. The van der Waals surface area contributed by atoms with E-state index in [0.29, 0.717) is 17.5 Å². The molecule has 134 valence electrons. The number of rotatable bonds is 6. The Morgan fingerprint density at radius 2 is 2.04 bits per heavy atom. The number of nitrogens with one attached hydrogen (secondary N) is 1. The van der Waals surface area contributed by atoms with Crippen molar-refractivity contribution in [2.45, 2.75) is 50.3 Å². The molecular weight excluding hydrogens is 336 g/mol. The maximum absolute atomic E-state index is 12.1. The lowest BCUT2D eigenvalue weighted by Crippen LogP contribution is -2.34. The zero-order valence-corrected chi connectivity index (χ0v) is 15.4. The molecule has 0 spiro atoms. The normalized spacial score (nSPS) is 17.4. The molecule has 1 aromatic heterocycles. The van der Waals surface area contributed by atoms with Gasteiger partial charge in [0, 0.05) is 5.69 Å². The minimum atomic E-state index is -0.449. The summed E-state index contributed by atoms with van der Waals surface area (Å²) in [6, 6.07) is 7.73. The van der Waals surface area contributed by atoms with Crippen molar-refractivity contribution in [2.24, 2.45) is 5.73 Å². The van der Waals surface area contributed by atoms with Gasteiger partial charge in [-0.1, -0.05) is 35.7 Å². The number of carbonyl (C=O) groups excluding carboxylic acids is 1. The van der Waals surface area contributed by atoms with E-state index in [1.807, 2.05) is 38.1 Å². The van der Waals surface area contributed by atoms with Crippen molar-refractivity contribution in [3.8, 4) is 0 Å². The maximum Gasteiger partial charge on any atom is 0.239 e. The predicted molar refractivity (Wildman–Crippen MR) is 99.3 cm³/mol. The van der Waals surface area contributed by atoms with Gasteiger partial charge in [-0.3, -0.25) is 4.79 Å². The van der Waals surface area contributed by atoms with Gasteiger partial charge in [0.2, 0.25) is 11.8 Å². The Morgan fingerprint density at radius 1 is 1.36 bits per heavy atom. The molecule has 1 heterocycles. The summed E-state index contributed by atoms with van der Waals surface area (Å²) in [5.74, 6) is 1.39. The molecule has 1 aliphatic rings. The van der Waals surface area contributed by atoms with Crippen molar-refractivity contribution in [3.05, 3.63) is 41.5 Å². The van der Waals surface area contributed by atoms with E-state index in [4.69, 9.17) is 10.3 Å². The first kappa shape index (κ1) is 17.9. The Hall–Kier alpha value is -1.86. The van der Waals surface area contributed by atoms with Crippen LogP contribution in [0.15, 0.2) is 28.8 Å². The molecule has 7 heteroatoms. The molecular formula is C18H24N4O2S. The van der Waals surface area contributed by atoms with Crippen molar-refractivity contribution in [3.63, 3.8) is 0 Å². The van der Waals surface area contributed by atoms with E-state index < -0.39 is 5.54 Å². The van der Waals surface area contributed by atoms with Gasteiger partial charge in [-0.05, 0) is 38.8 Å². The Labute approximate surface area is 151 Å². The number of hydrogen-bond acceptors (Lipinski definition) is 6. The van der Waals surface area contributed by atoms with Crippen LogP contribution >= 0.6 is 11.8 Å². The number of carbonyl (C=O) groups is 1. The summed E-state index contributed by atoms with van der Waals surface area (Å²) in [6.07, 6.45) is 3.99. The number of aryl methyl sites for hydroxylation is 1. The summed E-state index contributed by atoms with van der Waals surface area (Å²) in [5, 5.41) is 6.89. The average Bonchev–Trinajstić information content (AvgIpc) is 3.25. The van der Waals surface area contributed by atoms with Crippen LogP contribution in [0.4, 0.5) is 5.69 Å². The Bertz CT molecular complexity index is 723. The van der Waals surface area contributed by atoms with Crippen molar-refractivity contribution >= 4 is 23.4 Å². The second-order valence-corrected chi connectivity index (χ2v) is 8.02. The standard InChI is InChI=1S/C18H24N4O2S/c1-12-5-7-14(8-6-12)20-15(23)11-25-13(2)16-21-17(22-24-16)18(19)9-3-4-10-18/h5-8,13H,3-4,9-11,19H2,1-2H3,(H,20,23). The first-order valence-electron chi connectivity index (χ1n) is 8.57. The van der Waals surface area contributed by atoms with Gasteiger partial charge in [0.15, 0.2) is 5.82 Å². The van der Waals surface area contributed by atoms with Gasteiger partial charge >= 0.3 is 0 Å². The molecule has 1 amide bonds. The Balaban J connectivity index is 1.52. The largest absolute Gasteiger partial charge is 0.338 e. The summed E-state index contributed by atoms with van der Waals surface area (Å²) in [6.45, 7) is 3.97. The number of aromatic nitrogens is 2. The van der Waals surface area contributed by atoms with Crippen LogP contribution in [0.2, 0.25) is 0 Å². The van der Waals surface area contributed by atoms with Gasteiger partial charge in [0.25, 0.3) is 0 Å². The van der Waals surface area contributed by atoms with E-state index in [1.54, 1.807) is 0 Å². The van der Waals surface area contributed by atoms with Crippen LogP contribution in [0, 0.1) is 6.92 Å². The van der Waals surface area contributed by atoms with Crippen molar-refractivity contribution in [2.75, 3.05) is 11.1 Å². The van der Waals surface area contributed by atoms with E-state index in [1.165, 1.54) is 11.8 Å². The van der Waals surface area contributed by atoms with Gasteiger partial charge < -0.3 is 15.6 Å². The molecule has 2 aromatic rings. The summed E-state index contributed by atoms with van der Waals surface area (Å²) >= 11 is 1.47. The van der Waals surface area contributed by atoms with Crippen LogP contribution in [-0.4, -0.2) is 21.8 Å². The highest BCUT2D eigenvalue weighted by Gasteiger charge is 2.36. The maximum atomic E-state index is 12.1. The number of thioether (sulfide) groups is 1. The van der Waals surface area contributed by atoms with Gasteiger partial charge in [0.05, 0.1) is 16.5 Å². The lowest BCUT2D eigenvalue weighted by Gasteiger charge is -2.17. The molecule has 1 saturated carbocycles. The van der Waals surface area contributed by atoms with Crippen LogP contribution < -0.4 is 11.1 Å². The van der Waals surface area contributed by atoms with Crippen LogP contribution in [0.3, 0.4) is 0 Å². The van der Waals surface area contributed by atoms with Crippen LogP contribution in [0.1, 0.15) is 55.1 Å². The van der Waals surface area contributed by atoms with E-state index in [9.17, 15) is 4.79 Å². The third-order valence-corrected chi connectivity index (χ3v) is 5.66. The van der Waals surface area contributed by atoms with Crippen LogP contribution in [-0.2, 0) is 10.3 Å². The van der Waals surface area contributed by atoms with E-state index in [-0.39, 0.29) is 11.2 Å². The zero-order chi connectivity index (χ0) is 17.9. The van der Waals surface area contributed by atoms with Crippen LogP contribution in [0.5, 0.6) is 0 Å². The molecule has 25 heavy (non-hydrogen) atoms. The van der Waals surface area contributed by atoms with Gasteiger partial charge in [-0.2, -0.15) is 4.98 Å². The van der Waals surface area contributed by atoms with Crippen LogP contribution in [0.25, 0.3) is 0 Å². The highest BCUT2D eigenvalue weighted by Crippen LogP contribution is 2.36. The second-order valence-electron chi connectivity index (χ2n) is 6.69. The van der Waals surface area contributed by atoms with Crippen molar-refractivity contribution < 1.29 is 9.32 Å². The van der Waals surface area contributed by atoms with Crippen molar-refractivity contribution in [1.82, 2.24) is 10.1 Å². The number of hydrogen-bond donors (Lipinski definition) is 2. The molecule has 0 aliphatic heterocycles. The first-order chi connectivity index (χ1) is 12.0. The quantitative estimate of drug-likeness (QED) is 0.818. The highest BCUT2D eigenvalue weighted by atomic mass is 32.2. The Morgan fingerprint density at radius 3 is 2.72 bits per heavy atom. The molecule has 3 rings (SSSR count). The molecule has 1 atom stereocenters. The second kappa shape index (κ2) is 7.58. The van der Waals surface area contributed by atoms with Gasteiger partial charge in [-0.15, -0.1) is 11.8 Å². The average molecular weight is 360 g/mol. The number of benzene rings is 1. The zero-order valence-electron chi connectivity index (χ0n) is 14.6. The molecule has 1 aliphatic carbocycles. The molecule has 1 fully saturated rings. The first-order valence-corrected chi connectivity index (χ1v) is 9.62. The smallest absolute Gasteiger partial charge is 0.239 e. The molecule has 6 nitrogen and oxygen atoms in total. The van der Waals surface area contributed by atoms with E-state index in [0.717, 1.165) is 36.9 Å². The number of nitrogens with two attached hydrogens (primary N) is 1. The summed E-state index contributed by atoms with van der Waals surface area (Å²) in [5.41, 5.74) is 7.87. The monoisotopic (exact) mass is 360 g/mol. The minimum absolute atomic E-state index is 0.0495. The summed E-state index contributed by atoms with van der Waals surface area (Å²) in [7, 11) is 0. The number of nitrogens with zero attached hydrogens (tertiary/aromatic N) is 2. The highest BCUT2D eigenvalue weighted by molar-refractivity contribution is 8.00.